The first kappa shape index (κ1) is 29.0. The molecule has 220 valence electrons. The van der Waals surface area contributed by atoms with E-state index in [-0.39, 0.29) is 36.6 Å². The van der Waals surface area contributed by atoms with E-state index in [1.807, 2.05) is 0 Å². The summed E-state index contributed by atoms with van der Waals surface area (Å²) in [5.74, 6) is 0.511. The molecule has 0 aliphatic carbocycles. The SMILES string of the molecule is C=CC(=O)N1CCN(C2=NC(OC[C@@H]3CCCN3C)NC3=C2CCN(c2ccccc2C(F)(F)F)C3)C[C@@H]1CC#N. The van der Waals surface area contributed by atoms with Crippen LogP contribution < -0.4 is 10.2 Å². The number of rotatable bonds is 6. The Kier molecular flexibility index (Phi) is 8.56. The maximum atomic E-state index is 13.8. The maximum Gasteiger partial charge on any atom is 0.418 e. The van der Waals surface area contributed by atoms with Crippen molar-refractivity contribution >= 4 is 17.4 Å². The Hall–Kier alpha value is -3.56. The number of nitrogens with zero attached hydrogens (tertiary/aromatic N) is 6. The van der Waals surface area contributed by atoms with Gasteiger partial charge in [-0.25, -0.2) is 4.99 Å². The predicted molar refractivity (Wildman–Crippen MR) is 149 cm³/mol. The van der Waals surface area contributed by atoms with Gasteiger partial charge in [0.05, 0.1) is 37.2 Å². The van der Waals surface area contributed by atoms with Gasteiger partial charge in [-0.2, -0.15) is 18.4 Å². The molecule has 0 bridgehead atoms. The number of anilines is 1. The van der Waals surface area contributed by atoms with Gasteiger partial charge in [0.15, 0.2) is 0 Å². The molecular formula is C29H36F3N7O2. The topological polar surface area (TPSA) is 87.4 Å². The van der Waals surface area contributed by atoms with E-state index in [9.17, 15) is 23.2 Å². The molecular weight excluding hydrogens is 535 g/mol. The van der Waals surface area contributed by atoms with Crippen LogP contribution in [0, 0.1) is 11.3 Å². The van der Waals surface area contributed by atoms with Crippen LogP contribution in [0.4, 0.5) is 18.9 Å². The minimum Gasteiger partial charge on any atom is -0.365 e. The molecule has 0 spiro atoms. The Labute approximate surface area is 238 Å². The van der Waals surface area contributed by atoms with Crippen LogP contribution in [0.2, 0.25) is 0 Å². The molecule has 4 aliphatic rings. The number of halogens is 3. The summed E-state index contributed by atoms with van der Waals surface area (Å²) in [5, 5.41) is 12.8. The number of amidine groups is 1. The highest BCUT2D eigenvalue weighted by molar-refractivity contribution is 6.00. The number of benzene rings is 1. The second-order valence-electron chi connectivity index (χ2n) is 10.9. The molecule has 1 unspecified atom stereocenters. The molecule has 3 atom stereocenters. The number of likely N-dealkylation sites (tertiary alicyclic amines) is 1. The normalized spacial score (nSPS) is 25.4. The van der Waals surface area contributed by atoms with E-state index < -0.39 is 18.1 Å². The molecule has 1 amide bonds. The summed E-state index contributed by atoms with van der Waals surface area (Å²) in [4.78, 5) is 25.2. The minimum absolute atomic E-state index is 0.146. The number of hydrogen-bond donors (Lipinski definition) is 1. The summed E-state index contributed by atoms with van der Waals surface area (Å²) in [7, 11) is 2.07. The molecule has 2 fully saturated rings. The fraction of sp³-hybridized carbons (Fsp3) is 0.552. The van der Waals surface area contributed by atoms with E-state index in [2.05, 4.69) is 34.8 Å². The van der Waals surface area contributed by atoms with Gasteiger partial charge in [0.1, 0.15) is 5.84 Å². The summed E-state index contributed by atoms with van der Waals surface area (Å²) >= 11 is 0. The highest BCUT2D eigenvalue weighted by atomic mass is 19.4. The quantitative estimate of drug-likeness (QED) is 0.525. The van der Waals surface area contributed by atoms with Crippen molar-refractivity contribution in [2.45, 2.75) is 50.3 Å². The highest BCUT2D eigenvalue weighted by Gasteiger charge is 2.39. The third kappa shape index (κ3) is 6.21. The number of hydrogen-bond acceptors (Lipinski definition) is 8. The van der Waals surface area contributed by atoms with Gasteiger partial charge in [-0.05, 0) is 51.1 Å². The zero-order valence-electron chi connectivity index (χ0n) is 23.2. The number of nitriles is 1. The summed E-state index contributed by atoms with van der Waals surface area (Å²) in [6.45, 7) is 7.07. The fourth-order valence-electron chi connectivity index (χ4n) is 6.19. The zero-order chi connectivity index (χ0) is 29.1. The van der Waals surface area contributed by atoms with Crippen LogP contribution in [0.5, 0.6) is 0 Å². The van der Waals surface area contributed by atoms with E-state index in [1.165, 1.54) is 18.2 Å². The largest absolute Gasteiger partial charge is 0.418 e. The van der Waals surface area contributed by atoms with E-state index in [1.54, 1.807) is 15.9 Å². The number of piperazine rings is 1. The van der Waals surface area contributed by atoms with Crippen molar-refractivity contribution in [1.29, 1.82) is 5.26 Å². The van der Waals surface area contributed by atoms with Crippen LogP contribution in [-0.4, -0.2) is 97.8 Å². The minimum atomic E-state index is -4.46. The molecule has 1 N–H and O–H groups in total. The van der Waals surface area contributed by atoms with Crippen LogP contribution in [0.15, 0.2) is 53.2 Å². The molecule has 0 saturated carbocycles. The Morgan fingerprint density at radius 1 is 1.22 bits per heavy atom. The number of aliphatic imine (C=N–C) groups is 1. The first-order valence-electron chi connectivity index (χ1n) is 14.0. The summed E-state index contributed by atoms with van der Waals surface area (Å²) in [6.07, 6.45) is -1.10. The molecule has 2 saturated heterocycles. The second kappa shape index (κ2) is 12.1. The van der Waals surface area contributed by atoms with E-state index in [0.29, 0.717) is 39.2 Å². The first-order valence-corrected chi connectivity index (χ1v) is 14.0. The Balaban J connectivity index is 1.42. The Bertz CT molecular complexity index is 1260. The molecule has 12 heteroatoms. The van der Waals surface area contributed by atoms with E-state index in [0.717, 1.165) is 42.6 Å². The van der Waals surface area contributed by atoms with Crippen LogP contribution in [0.25, 0.3) is 0 Å². The average Bonchev–Trinajstić information content (AvgIpc) is 3.39. The van der Waals surface area contributed by atoms with Crippen LogP contribution >= 0.6 is 0 Å². The van der Waals surface area contributed by atoms with Gasteiger partial charge in [0.25, 0.3) is 0 Å². The number of alkyl halides is 3. The van der Waals surface area contributed by atoms with Gasteiger partial charge in [0.2, 0.25) is 12.3 Å². The number of carbonyl (C=O) groups excluding carboxylic acids is 1. The van der Waals surface area contributed by atoms with Crippen molar-refractivity contribution in [1.82, 2.24) is 20.0 Å². The van der Waals surface area contributed by atoms with Gasteiger partial charge in [-0.3, -0.25) is 4.79 Å². The van der Waals surface area contributed by atoms with Crippen molar-refractivity contribution in [3.63, 3.8) is 0 Å². The summed E-state index contributed by atoms with van der Waals surface area (Å²) in [6, 6.07) is 7.79. The molecule has 0 aromatic heterocycles. The molecule has 4 heterocycles. The fourth-order valence-corrected chi connectivity index (χ4v) is 6.19. The molecule has 9 nitrogen and oxygen atoms in total. The summed E-state index contributed by atoms with van der Waals surface area (Å²) < 4.78 is 47.8. The van der Waals surface area contributed by atoms with E-state index in [4.69, 9.17) is 9.73 Å². The lowest BCUT2D eigenvalue weighted by Gasteiger charge is -2.45. The molecule has 1 aromatic rings. The van der Waals surface area contributed by atoms with Crippen LogP contribution in [0.3, 0.4) is 0 Å². The number of amides is 1. The molecule has 0 radical (unpaired) electrons. The monoisotopic (exact) mass is 571 g/mol. The summed E-state index contributed by atoms with van der Waals surface area (Å²) in [5.41, 5.74) is 1.20. The second-order valence-corrected chi connectivity index (χ2v) is 10.9. The van der Waals surface area contributed by atoms with Crippen LogP contribution in [0.1, 0.15) is 31.2 Å². The van der Waals surface area contributed by atoms with Gasteiger partial charge in [-0.15, -0.1) is 0 Å². The molecule has 41 heavy (non-hydrogen) atoms. The lowest BCUT2D eigenvalue weighted by atomic mass is 9.98. The van der Waals surface area contributed by atoms with Gasteiger partial charge in [0, 0.05) is 49.2 Å². The number of ether oxygens (including phenoxy) is 1. The molecule has 1 aromatic carbocycles. The van der Waals surface area contributed by atoms with Gasteiger partial charge < -0.3 is 29.7 Å². The lowest BCUT2D eigenvalue weighted by Crippen LogP contribution is -2.58. The van der Waals surface area contributed by atoms with Crippen molar-refractivity contribution in [2.75, 3.05) is 57.8 Å². The predicted octanol–water partition coefficient (Wildman–Crippen LogP) is 3.18. The van der Waals surface area contributed by atoms with Gasteiger partial charge >= 0.3 is 6.18 Å². The van der Waals surface area contributed by atoms with E-state index >= 15 is 0 Å². The van der Waals surface area contributed by atoms with Gasteiger partial charge in [-0.1, -0.05) is 18.7 Å². The molecule has 5 rings (SSSR count). The zero-order valence-corrected chi connectivity index (χ0v) is 23.2. The first-order chi connectivity index (χ1) is 19.7. The van der Waals surface area contributed by atoms with Crippen molar-refractivity contribution in [2.24, 2.45) is 4.99 Å². The van der Waals surface area contributed by atoms with Crippen molar-refractivity contribution in [3.05, 3.63) is 53.8 Å². The maximum absolute atomic E-state index is 13.8. The highest BCUT2D eigenvalue weighted by Crippen LogP contribution is 2.38. The third-order valence-corrected chi connectivity index (χ3v) is 8.39. The van der Waals surface area contributed by atoms with Crippen LogP contribution in [-0.2, 0) is 15.7 Å². The standard InChI is InChI=1S/C29H36F3N7O2/c1-3-26(40)39-16-15-38(17-20(39)10-12-33)27-22-11-14-37(25-9-5-4-8-23(25)29(30,31)32)18-24(22)34-28(35-27)41-19-21-7-6-13-36(21)2/h3-5,8-9,20-21,28,34H,1,6-7,10-11,13-19H2,2H3/t20-,21-,28?/m0/s1. The Morgan fingerprint density at radius 2 is 2.02 bits per heavy atom. The smallest absolute Gasteiger partial charge is 0.365 e. The van der Waals surface area contributed by atoms with Crippen molar-refractivity contribution in [3.8, 4) is 6.07 Å². The molecule has 4 aliphatic heterocycles. The number of likely N-dealkylation sites (N-methyl/N-ethyl adjacent to an activating group) is 1. The average molecular weight is 572 g/mol. The lowest BCUT2D eigenvalue weighted by molar-refractivity contribution is -0.137. The van der Waals surface area contributed by atoms with Crippen molar-refractivity contribution < 1.29 is 22.7 Å². The number of carbonyl (C=O) groups is 1. The number of nitrogens with one attached hydrogen (secondary N) is 1. The third-order valence-electron chi connectivity index (χ3n) is 8.39. The number of para-hydroxylation sites is 1. The Morgan fingerprint density at radius 3 is 2.73 bits per heavy atom.